The molecule has 5 nitrogen and oxygen atoms in total. The molecule has 0 saturated carbocycles. The number of nitrogens with one attached hydrogen (secondary N) is 1. The van der Waals surface area contributed by atoms with Crippen molar-refractivity contribution in [3.8, 4) is 6.07 Å². The number of nitrogens with zero attached hydrogens (tertiary/aromatic N) is 2. The monoisotopic (exact) mass is 521 g/mol. The van der Waals surface area contributed by atoms with Crippen LogP contribution < -0.4 is 10.2 Å². The Morgan fingerprint density at radius 2 is 1.66 bits per heavy atom. The van der Waals surface area contributed by atoms with Gasteiger partial charge >= 0.3 is 0 Å². The van der Waals surface area contributed by atoms with Gasteiger partial charge in [-0.2, -0.15) is 5.26 Å². The normalized spacial score (nSPS) is 16.7. The Bertz CT molecular complexity index is 1360. The van der Waals surface area contributed by atoms with Crippen molar-refractivity contribution in [2.75, 3.05) is 10.2 Å². The highest BCUT2D eigenvalue weighted by molar-refractivity contribution is 8.05. The summed E-state index contributed by atoms with van der Waals surface area (Å²) in [5.74, 6) is -0.814. The van der Waals surface area contributed by atoms with Gasteiger partial charge in [-0.25, -0.2) is 0 Å². The fraction of sp³-hybridized carbons (Fsp3) is 0.148. The molecule has 1 N–H and O–H groups in total. The lowest BCUT2D eigenvalue weighted by atomic mass is 10.1. The summed E-state index contributed by atoms with van der Waals surface area (Å²) < 4.78 is 0. The van der Waals surface area contributed by atoms with Crippen LogP contribution in [-0.4, -0.2) is 17.1 Å². The first-order chi connectivity index (χ1) is 16.8. The van der Waals surface area contributed by atoms with E-state index < -0.39 is 11.2 Å². The second-order valence-corrected chi connectivity index (χ2v) is 10.1. The van der Waals surface area contributed by atoms with Gasteiger partial charge in [-0.3, -0.25) is 14.5 Å². The van der Waals surface area contributed by atoms with Crippen LogP contribution in [0.2, 0.25) is 10.0 Å². The molecule has 0 bridgehead atoms. The van der Waals surface area contributed by atoms with Crippen LogP contribution in [0.1, 0.15) is 16.7 Å². The van der Waals surface area contributed by atoms with Crippen molar-refractivity contribution in [3.63, 3.8) is 0 Å². The second-order valence-electron chi connectivity index (χ2n) is 8.14. The van der Waals surface area contributed by atoms with E-state index in [9.17, 15) is 14.9 Å². The minimum atomic E-state index is -0.585. The smallest absolute Gasteiger partial charge is 0.269 e. The Kier molecular flexibility index (Phi) is 7.51. The standard InChI is InChI=1S/C27H21Cl2N3O2S/c1-16-6-10-19(11-7-16)31-25(33)21(15-30)27-32(20-12-8-17(2)9-13-20)26(34)23(35-27)14-18-4-3-5-22(28)24(18)29/h3-13,23H,14H2,1-2H3,(H,31,33)/b27-21+/t23-/m0/s1. The van der Waals surface area contributed by atoms with Crippen molar-refractivity contribution in [2.45, 2.75) is 25.5 Å². The number of carbonyl (C=O) groups is 2. The molecule has 1 heterocycles. The molecule has 1 saturated heterocycles. The van der Waals surface area contributed by atoms with E-state index in [2.05, 4.69) is 5.32 Å². The summed E-state index contributed by atoms with van der Waals surface area (Å²) in [5.41, 5.74) is 3.80. The van der Waals surface area contributed by atoms with Crippen LogP contribution in [0.5, 0.6) is 0 Å². The minimum absolute atomic E-state index is 0.135. The van der Waals surface area contributed by atoms with Gasteiger partial charge < -0.3 is 5.32 Å². The summed E-state index contributed by atoms with van der Waals surface area (Å²) in [7, 11) is 0. The van der Waals surface area contributed by atoms with Crippen LogP contribution in [-0.2, 0) is 16.0 Å². The van der Waals surface area contributed by atoms with Crippen molar-refractivity contribution in [1.82, 2.24) is 0 Å². The molecule has 176 valence electrons. The van der Waals surface area contributed by atoms with E-state index in [0.717, 1.165) is 16.7 Å². The maximum Gasteiger partial charge on any atom is 0.269 e. The van der Waals surface area contributed by atoms with Gasteiger partial charge in [0.15, 0.2) is 0 Å². The van der Waals surface area contributed by atoms with E-state index in [1.165, 1.54) is 16.7 Å². The fourth-order valence-corrected chi connectivity index (χ4v) is 5.34. The molecular formula is C27H21Cl2N3O2S. The summed E-state index contributed by atoms with van der Waals surface area (Å²) in [5, 5.41) is 13.2. The van der Waals surface area contributed by atoms with E-state index in [1.807, 2.05) is 50.2 Å². The number of aryl methyl sites for hydroxylation is 2. The van der Waals surface area contributed by atoms with Gasteiger partial charge in [0, 0.05) is 11.4 Å². The molecule has 1 atom stereocenters. The Hall–Kier alpha value is -3.24. The highest BCUT2D eigenvalue weighted by Crippen LogP contribution is 2.43. The largest absolute Gasteiger partial charge is 0.321 e. The molecule has 1 aliphatic heterocycles. The molecule has 0 radical (unpaired) electrons. The predicted octanol–water partition coefficient (Wildman–Crippen LogP) is 6.68. The molecule has 0 aliphatic carbocycles. The third-order valence-electron chi connectivity index (χ3n) is 5.54. The Balaban J connectivity index is 1.74. The maximum absolute atomic E-state index is 13.6. The first kappa shape index (κ1) is 24.9. The van der Waals surface area contributed by atoms with Crippen molar-refractivity contribution >= 4 is 58.2 Å². The molecule has 0 aromatic heterocycles. The Morgan fingerprint density at radius 3 is 2.29 bits per heavy atom. The average molecular weight is 522 g/mol. The fourth-order valence-electron chi connectivity index (χ4n) is 3.65. The summed E-state index contributed by atoms with van der Waals surface area (Å²) in [6, 6.07) is 21.9. The number of rotatable bonds is 5. The van der Waals surface area contributed by atoms with Crippen molar-refractivity contribution in [1.29, 1.82) is 5.26 Å². The van der Waals surface area contributed by atoms with E-state index >= 15 is 0 Å². The number of amides is 2. The number of anilines is 2. The van der Waals surface area contributed by atoms with E-state index in [0.29, 0.717) is 27.8 Å². The van der Waals surface area contributed by atoms with Crippen LogP contribution >= 0.6 is 35.0 Å². The Morgan fingerprint density at radius 1 is 1.03 bits per heavy atom. The van der Waals surface area contributed by atoms with Gasteiger partial charge in [0.2, 0.25) is 5.91 Å². The number of carbonyl (C=O) groups excluding carboxylic acids is 2. The quantitative estimate of drug-likeness (QED) is 0.300. The highest BCUT2D eigenvalue weighted by Gasteiger charge is 2.41. The second kappa shape index (κ2) is 10.6. The van der Waals surface area contributed by atoms with E-state index in [-0.39, 0.29) is 16.5 Å². The first-order valence-electron chi connectivity index (χ1n) is 10.8. The maximum atomic E-state index is 13.6. The molecule has 3 aromatic carbocycles. The zero-order chi connectivity index (χ0) is 25.1. The number of halogens is 2. The molecule has 4 rings (SSSR count). The molecule has 8 heteroatoms. The van der Waals surface area contributed by atoms with Crippen molar-refractivity contribution < 1.29 is 9.59 Å². The predicted molar refractivity (Wildman–Crippen MR) is 143 cm³/mol. The van der Waals surface area contributed by atoms with Gasteiger partial charge in [-0.05, 0) is 56.2 Å². The third kappa shape index (κ3) is 5.38. The molecule has 2 amide bonds. The molecule has 1 aliphatic rings. The number of nitriles is 1. The number of hydrogen-bond acceptors (Lipinski definition) is 4. The van der Waals surface area contributed by atoms with Crippen LogP contribution in [0.4, 0.5) is 11.4 Å². The zero-order valence-electron chi connectivity index (χ0n) is 19.0. The average Bonchev–Trinajstić information content (AvgIpc) is 3.15. The lowest BCUT2D eigenvalue weighted by Crippen LogP contribution is -2.31. The lowest BCUT2D eigenvalue weighted by Gasteiger charge is -2.19. The third-order valence-corrected chi connectivity index (χ3v) is 7.66. The molecular weight excluding hydrogens is 501 g/mol. The van der Waals surface area contributed by atoms with Gasteiger partial charge in [0.1, 0.15) is 16.7 Å². The molecule has 1 fully saturated rings. The van der Waals surface area contributed by atoms with Gasteiger partial charge in [0.05, 0.1) is 15.3 Å². The SMILES string of the molecule is Cc1ccc(NC(=O)/C(C#N)=C2/S[C@@H](Cc3cccc(Cl)c3Cl)C(=O)N2c2ccc(C)cc2)cc1. The van der Waals surface area contributed by atoms with Crippen LogP contribution in [0.3, 0.4) is 0 Å². The molecule has 0 spiro atoms. The van der Waals surface area contributed by atoms with Crippen LogP contribution in [0.25, 0.3) is 0 Å². The van der Waals surface area contributed by atoms with Crippen LogP contribution in [0, 0.1) is 25.2 Å². The van der Waals surface area contributed by atoms with Crippen LogP contribution in [0.15, 0.2) is 77.3 Å². The number of thioether (sulfide) groups is 1. The minimum Gasteiger partial charge on any atom is -0.321 e. The summed E-state index contributed by atoms with van der Waals surface area (Å²) in [6.45, 7) is 3.89. The van der Waals surface area contributed by atoms with E-state index in [4.69, 9.17) is 23.2 Å². The van der Waals surface area contributed by atoms with Gasteiger partial charge in [-0.1, -0.05) is 82.5 Å². The number of hydrogen-bond donors (Lipinski definition) is 1. The zero-order valence-corrected chi connectivity index (χ0v) is 21.3. The molecule has 35 heavy (non-hydrogen) atoms. The summed E-state index contributed by atoms with van der Waals surface area (Å²) in [4.78, 5) is 28.2. The van der Waals surface area contributed by atoms with Gasteiger partial charge in [-0.15, -0.1) is 0 Å². The number of benzene rings is 3. The summed E-state index contributed by atoms with van der Waals surface area (Å²) >= 11 is 13.7. The van der Waals surface area contributed by atoms with Crippen molar-refractivity contribution in [3.05, 3.63) is 104 Å². The topological polar surface area (TPSA) is 73.2 Å². The Labute approximate surface area is 218 Å². The first-order valence-corrected chi connectivity index (χ1v) is 12.4. The van der Waals surface area contributed by atoms with Gasteiger partial charge in [0.25, 0.3) is 5.91 Å². The lowest BCUT2D eigenvalue weighted by molar-refractivity contribution is -0.117. The molecule has 3 aromatic rings. The highest BCUT2D eigenvalue weighted by atomic mass is 35.5. The van der Waals surface area contributed by atoms with Crippen molar-refractivity contribution in [2.24, 2.45) is 0 Å². The summed E-state index contributed by atoms with van der Waals surface area (Å²) in [6.07, 6.45) is 0.299. The van der Waals surface area contributed by atoms with E-state index in [1.54, 1.807) is 36.4 Å². The molecule has 0 unspecified atom stereocenters.